The topological polar surface area (TPSA) is 93.0 Å². The van der Waals surface area contributed by atoms with Crippen molar-refractivity contribution in [2.45, 2.75) is 58.5 Å². The van der Waals surface area contributed by atoms with Crippen LogP contribution in [0.2, 0.25) is 0 Å². The number of hydrogen-bond donors (Lipinski definition) is 2. The van der Waals surface area contributed by atoms with Crippen LogP contribution >= 0.6 is 0 Å². The van der Waals surface area contributed by atoms with E-state index in [0.29, 0.717) is 49.8 Å². The fourth-order valence-corrected chi connectivity index (χ4v) is 5.54. The van der Waals surface area contributed by atoms with Gasteiger partial charge in [-0.25, -0.2) is 28.7 Å². The highest BCUT2D eigenvalue weighted by atomic mass is 19.4. The van der Waals surface area contributed by atoms with Gasteiger partial charge >= 0.3 is 6.18 Å². The molecular formula is C30H35F5N8O. The second-order valence-corrected chi connectivity index (χ2v) is 11.6. The van der Waals surface area contributed by atoms with Gasteiger partial charge in [-0.3, -0.25) is 4.90 Å². The average Bonchev–Trinajstić information content (AvgIpc) is 3.29. The van der Waals surface area contributed by atoms with Crippen molar-refractivity contribution in [3.05, 3.63) is 59.7 Å². The van der Waals surface area contributed by atoms with Gasteiger partial charge in [0, 0.05) is 37.4 Å². The lowest BCUT2D eigenvalue weighted by Gasteiger charge is -2.40. The van der Waals surface area contributed by atoms with E-state index in [-0.39, 0.29) is 35.3 Å². The van der Waals surface area contributed by atoms with Crippen LogP contribution in [0.1, 0.15) is 44.6 Å². The molecule has 0 unspecified atom stereocenters. The molecule has 1 aromatic carbocycles. The summed E-state index contributed by atoms with van der Waals surface area (Å²) in [5.74, 6) is -0.0734. The third kappa shape index (κ3) is 7.48. The molecular weight excluding hydrogens is 583 g/mol. The lowest BCUT2D eigenvalue weighted by atomic mass is 9.99. The van der Waals surface area contributed by atoms with Crippen molar-refractivity contribution in [2.24, 2.45) is 0 Å². The van der Waals surface area contributed by atoms with Crippen LogP contribution in [0, 0.1) is 18.6 Å². The van der Waals surface area contributed by atoms with Crippen LogP contribution in [-0.4, -0.2) is 74.0 Å². The molecule has 0 bridgehead atoms. The Labute approximate surface area is 251 Å². The van der Waals surface area contributed by atoms with Crippen LogP contribution in [0.25, 0.3) is 22.3 Å². The van der Waals surface area contributed by atoms with Gasteiger partial charge in [0.15, 0.2) is 11.6 Å². The van der Waals surface area contributed by atoms with Gasteiger partial charge in [0.25, 0.3) is 0 Å². The minimum absolute atomic E-state index is 0.0258. The summed E-state index contributed by atoms with van der Waals surface area (Å²) in [5, 5.41) is 5.41. The summed E-state index contributed by atoms with van der Waals surface area (Å²) < 4.78 is 74.9. The van der Waals surface area contributed by atoms with Crippen molar-refractivity contribution in [3.63, 3.8) is 0 Å². The van der Waals surface area contributed by atoms with Crippen molar-refractivity contribution < 1.29 is 26.7 Å². The molecule has 4 aromatic rings. The molecule has 0 spiro atoms. The number of alkyl halides is 3. The molecule has 1 aliphatic rings. The summed E-state index contributed by atoms with van der Waals surface area (Å²) >= 11 is 0. The highest BCUT2D eigenvalue weighted by Gasteiger charge is 2.33. The Morgan fingerprint density at radius 3 is 2.57 bits per heavy atom. The number of ether oxygens (including phenoxy) is 1. The number of halogens is 5. The maximum absolute atomic E-state index is 15.0. The van der Waals surface area contributed by atoms with Gasteiger partial charge in [-0.05, 0) is 64.4 Å². The summed E-state index contributed by atoms with van der Waals surface area (Å²) in [4.78, 5) is 19.3. The molecule has 44 heavy (non-hydrogen) atoms. The first-order valence-electron chi connectivity index (χ1n) is 14.4. The SMILES string of the molecule is Cc1nc2c(F)cc(-c3nc(Nc4ccc(CN5CCO[C@](C)(CCNCC(F)(F)F)C5)cn4)ncc3F)cc2n1C(C)C. The predicted molar refractivity (Wildman–Crippen MR) is 156 cm³/mol. The minimum Gasteiger partial charge on any atom is -0.373 e. The van der Waals surface area contributed by atoms with Gasteiger partial charge in [0.2, 0.25) is 5.95 Å². The highest BCUT2D eigenvalue weighted by molar-refractivity contribution is 5.83. The molecule has 3 aromatic heterocycles. The van der Waals surface area contributed by atoms with E-state index in [2.05, 4.69) is 35.5 Å². The molecule has 0 aliphatic carbocycles. The number of aryl methyl sites for hydroxylation is 1. The minimum atomic E-state index is -4.24. The van der Waals surface area contributed by atoms with Crippen LogP contribution in [-0.2, 0) is 11.3 Å². The molecule has 5 rings (SSSR count). The van der Waals surface area contributed by atoms with Gasteiger partial charge in [-0.1, -0.05) is 6.07 Å². The summed E-state index contributed by atoms with van der Waals surface area (Å²) in [7, 11) is 0. The highest BCUT2D eigenvalue weighted by Crippen LogP contribution is 2.30. The van der Waals surface area contributed by atoms with E-state index < -0.39 is 30.0 Å². The number of imidazole rings is 1. The number of nitrogens with one attached hydrogen (secondary N) is 2. The Kier molecular flexibility index (Phi) is 9.14. The Morgan fingerprint density at radius 1 is 1.07 bits per heavy atom. The third-order valence-corrected chi connectivity index (χ3v) is 7.50. The van der Waals surface area contributed by atoms with Gasteiger partial charge in [-0.15, -0.1) is 0 Å². The first kappa shape index (κ1) is 31.7. The van der Waals surface area contributed by atoms with Crippen LogP contribution in [0.5, 0.6) is 0 Å². The average molecular weight is 619 g/mol. The molecule has 9 nitrogen and oxygen atoms in total. The largest absolute Gasteiger partial charge is 0.401 e. The van der Waals surface area contributed by atoms with Crippen LogP contribution in [0.4, 0.5) is 33.7 Å². The van der Waals surface area contributed by atoms with E-state index in [1.165, 1.54) is 6.07 Å². The fraction of sp³-hybridized carbons (Fsp3) is 0.467. The number of hydrogen-bond acceptors (Lipinski definition) is 8. The molecule has 0 amide bonds. The van der Waals surface area contributed by atoms with E-state index in [0.717, 1.165) is 11.8 Å². The van der Waals surface area contributed by atoms with Gasteiger partial charge in [0.1, 0.15) is 22.9 Å². The summed E-state index contributed by atoms with van der Waals surface area (Å²) in [6.45, 7) is 9.11. The van der Waals surface area contributed by atoms with Crippen LogP contribution in [0.3, 0.4) is 0 Å². The van der Waals surface area contributed by atoms with E-state index in [1.807, 2.05) is 31.4 Å². The van der Waals surface area contributed by atoms with Gasteiger partial charge in [0.05, 0.1) is 30.5 Å². The summed E-state index contributed by atoms with van der Waals surface area (Å²) in [6.07, 6.45) is -1.07. The van der Waals surface area contributed by atoms with E-state index in [9.17, 15) is 17.6 Å². The lowest BCUT2D eigenvalue weighted by molar-refractivity contribution is -0.127. The standard InChI is InChI=1S/C30H35F5N8O/c1-18(2)43-19(3)39-27-22(31)11-21(12-24(27)43)26-23(32)14-38-28(41-26)40-25-6-5-20(13-37-25)15-42-9-10-44-29(4,17-42)7-8-36-16-30(33,34)35/h5-6,11-14,18,36H,7-10,15-17H2,1-4H3,(H,37,38,40,41)/t29-/m1/s1. The zero-order chi connectivity index (χ0) is 31.6. The smallest absolute Gasteiger partial charge is 0.373 e. The second kappa shape index (κ2) is 12.7. The molecule has 2 N–H and O–H groups in total. The molecule has 4 heterocycles. The number of benzene rings is 1. The second-order valence-electron chi connectivity index (χ2n) is 11.6. The Balaban J connectivity index is 1.24. The molecule has 1 saturated heterocycles. The fourth-order valence-electron chi connectivity index (χ4n) is 5.54. The molecule has 1 atom stereocenters. The van der Waals surface area contributed by atoms with Crippen molar-refractivity contribution in [1.29, 1.82) is 0 Å². The Hall–Kier alpha value is -3.75. The number of pyridine rings is 1. The number of morpholine rings is 1. The van der Waals surface area contributed by atoms with Crippen molar-refractivity contribution in [2.75, 3.05) is 38.1 Å². The van der Waals surface area contributed by atoms with Crippen molar-refractivity contribution in [1.82, 2.24) is 34.7 Å². The number of aromatic nitrogens is 5. The quantitative estimate of drug-likeness (QED) is 0.167. The Bertz CT molecular complexity index is 1610. The number of fused-ring (bicyclic) bond motifs is 1. The van der Waals surface area contributed by atoms with Crippen molar-refractivity contribution >= 4 is 22.8 Å². The third-order valence-electron chi connectivity index (χ3n) is 7.50. The first-order chi connectivity index (χ1) is 20.8. The van der Waals surface area contributed by atoms with Gasteiger partial charge in [-0.2, -0.15) is 13.2 Å². The maximum Gasteiger partial charge on any atom is 0.401 e. The van der Waals surface area contributed by atoms with E-state index >= 15 is 4.39 Å². The molecule has 0 saturated carbocycles. The zero-order valence-electron chi connectivity index (χ0n) is 25.0. The number of rotatable bonds is 10. The lowest BCUT2D eigenvalue weighted by Crippen LogP contribution is -2.51. The molecule has 236 valence electrons. The molecule has 1 aliphatic heterocycles. The predicted octanol–water partition coefficient (Wildman–Crippen LogP) is 5.93. The van der Waals surface area contributed by atoms with Crippen LogP contribution < -0.4 is 10.6 Å². The first-order valence-corrected chi connectivity index (χ1v) is 14.4. The molecule has 1 fully saturated rings. The molecule has 0 radical (unpaired) electrons. The monoisotopic (exact) mass is 618 g/mol. The summed E-state index contributed by atoms with van der Waals surface area (Å²) in [6, 6.07) is 6.56. The maximum atomic E-state index is 15.0. The van der Waals surface area contributed by atoms with Crippen LogP contribution in [0.15, 0.2) is 36.7 Å². The normalized spacial score (nSPS) is 18.0. The Morgan fingerprint density at radius 2 is 1.86 bits per heavy atom. The summed E-state index contributed by atoms with van der Waals surface area (Å²) in [5.41, 5.74) is 1.34. The number of nitrogens with zero attached hydrogens (tertiary/aromatic N) is 6. The zero-order valence-corrected chi connectivity index (χ0v) is 25.0. The van der Waals surface area contributed by atoms with Gasteiger partial charge < -0.3 is 19.9 Å². The number of anilines is 2. The molecule has 14 heteroatoms. The van der Waals surface area contributed by atoms with E-state index in [1.54, 1.807) is 25.3 Å². The van der Waals surface area contributed by atoms with E-state index in [4.69, 9.17) is 4.74 Å². The van der Waals surface area contributed by atoms with Crippen molar-refractivity contribution in [3.8, 4) is 11.3 Å².